The van der Waals surface area contributed by atoms with Crippen LogP contribution in [0.5, 0.6) is 5.75 Å². The van der Waals surface area contributed by atoms with E-state index in [0.29, 0.717) is 18.3 Å². The van der Waals surface area contributed by atoms with Gasteiger partial charge in [-0.05, 0) is 36.0 Å². The maximum Gasteiger partial charge on any atom is 0.217 e. The van der Waals surface area contributed by atoms with Gasteiger partial charge in [0.1, 0.15) is 5.75 Å². The van der Waals surface area contributed by atoms with E-state index in [1.165, 1.54) is 5.56 Å². The summed E-state index contributed by atoms with van der Waals surface area (Å²) in [7, 11) is 1.65. The molecule has 0 aliphatic heterocycles. The van der Waals surface area contributed by atoms with E-state index in [4.69, 9.17) is 10.5 Å². The predicted molar refractivity (Wildman–Crippen MR) is 57.7 cm³/mol. The molecule has 0 spiro atoms. The predicted octanol–water partition coefficient (Wildman–Crippen LogP) is 1.67. The molecule has 0 radical (unpaired) electrons. The van der Waals surface area contributed by atoms with E-state index in [0.717, 1.165) is 12.2 Å². The molecule has 1 aliphatic carbocycles. The molecular weight excluding hydrogens is 190 g/mol. The average molecular weight is 205 g/mol. The molecule has 2 rings (SSSR count). The molecule has 3 heteroatoms. The highest BCUT2D eigenvalue weighted by Crippen LogP contribution is 2.49. The Kier molecular flexibility index (Phi) is 2.62. The Balaban J connectivity index is 1.97. The van der Waals surface area contributed by atoms with Gasteiger partial charge in [0.2, 0.25) is 5.91 Å². The van der Waals surface area contributed by atoms with Crippen molar-refractivity contribution < 1.29 is 9.53 Å². The van der Waals surface area contributed by atoms with E-state index < -0.39 is 0 Å². The van der Waals surface area contributed by atoms with E-state index in [9.17, 15) is 4.79 Å². The van der Waals surface area contributed by atoms with E-state index in [1.807, 2.05) is 12.1 Å². The Morgan fingerprint density at radius 2 is 2.13 bits per heavy atom. The van der Waals surface area contributed by atoms with Crippen molar-refractivity contribution in [2.45, 2.75) is 18.8 Å². The van der Waals surface area contributed by atoms with E-state index in [1.54, 1.807) is 7.11 Å². The first-order valence-electron chi connectivity index (χ1n) is 5.13. The molecular formula is C12H15NO2. The summed E-state index contributed by atoms with van der Waals surface area (Å²) in [5, 5.41) is 0. The average Bonchev–Trinajstić information content (AvgIpc) is 2.96. The second-order valence-corrected chi connectivity index (χ2v) is 4.05. The number of benzene rings is 1. The number of ether oxygens (including phenoxy) is 1. The highest BCUT2D eigenvalue weighted by molar-refractivity contribution is 5.74. The molecule has 1 aromatic rings. The topological polar surface area (TPSA) is 52.3 Å². The lowest BCUT2D eigenvalue weighted by Crippen LogP contribution is -2.11. The van der Waals surface area contributed by atoms with Crippen LogP contribution in [0.3, 0.4) is 0 Å². The van der Waals surface area contributed by atoms with Gasteiger partial charge in [-0.15, -0.1) is 0 Å². The fraction of sp³-hybridized carbons (Fsp3) is 0.417. The molecule has 15 heavy (non-hydrogen) atoms. The number of carbonyl (C=O) groups excluding carboxylic acids is 1. The summed E-state index contributed by atoms with van der Waals surface area (Å²) in [6, 6.07) is 8.03. The van der Waals surface area contributed by atoms with Crippen LogP contribution in [-0.4, -0.2) is 13.0 Å². The third-order valence-electron chi connectivity index (χ3n) is 2.93. The summed E-state index contributed by atoms with van der Waals surface area (Å²) in [5.74, 6) is 1.64. The van der Waals surface area contributed by atoms with Gasteiger partial charge in [-0.25, -0.2) is 0 Å². The Labute approximate surface area is 89.2 Å². The molecule has 0 bridgehead atoms. The van der Waals surface area contributed by atoms with Crippen molar-refractivity contribution in [1.29, 1.82) is 0 Å². The summed E-state index contributed by atoms with van der Waals surface area (Å²) in [4.78, 5) is 10.7. The fourth-order valence-electron chi connectivity index (χ4n) is 1.99. The zero-order valence-corrected chi connectivity index (χ0v) is 8.77. The lowest BCUT2D eigenvalue weighted by Gasteiger charge is -2.02. The van der Waals surface area contributed by atoms with Crippen LogP contribution >= 0.6 is 0 Å². The van der Waals surface area contributed by atoms with Gasteiger partial charge in [0.15, 0.2) is 0 Å². The SMILES string of the molecule is COc1ccc([C@@H]2C[C@H]2CC(N)=O)cc1. The first-order valence-corrected chi connectivity index (χ1v) is 5.13. The van der Waals surface area contributed by atoms with Crippen LogP contribution in [0.2, 0.25) is 0 Å². The van der Waals surface area contributed by atoms with E-state index in [-0.39, 0.29) is 5.91 Å². The fourth-order valence-corrected chi connectivity index (χ4v) is 1.99. The highest BCUT2D eigenvalue weighted by atomic mass is 16.5. The summed E-state index contributed by atoms with van der Waals surface area (Å²) >= 11 is 0. The number of hydrogen-bond donors (Lipinski definition) is 1. The van der Waals surface area contributed by atoms with E-state index in [2.05, 4.69) is 12.1 Å². The number of nitrogens with two attached hydrogens (primary N) is 1. The largest absolute Gasteiger partial charge is 0.497 e. The smallest absolute Gasteiger partial charge is 0.217 e. The molecule has 1 amide bonds. The second-order valence-electron chi connectivity index (χ2n) is 4.05. The number of primary amides is 1. The van der Waals surface area contributed by atoms with E-state index >= 15 is 0 Å². The minimum Gasteiger partial charge on any atom is -0.497 e. The van der Waals surface area contributed by atoms with Crippen LogP contribution in [0.4, 0.5) is 0 Å². The number of carbonyl (C=O) groups is 1. The van der Waals surface area contributed by atoms with Crippen LogP contribution in [0, 0.1) is 5.92 Å². The molecule has 80 valence electrons. The molecule has 1 aromatic carbocycles. The Hall–Kier alpha value is -1.51. The van der Waals surface area contributed by atoms with Crippen molar-refractivity contribution in [2.24, 2.45) is 11.7 Å². The molecule has 0 aromatic heterocycles. The lowest BCUT2D eigenvalue weighted by molar-refractivity contribution is -0.118. The van der Waals surface area contributed by atoms with Gasteiger partial charge in [-0.2, -0.15) is 0 Å². The van der Waals surface area contributed by atoms with Crippen LogP contribution in [-0.2, 0) is 4.79 Å². The summed E-state index contributed by atoms with van der Waals surface area (Å²) < 4.78 is 5.09. The molecule has 1 aliphatic rings. The van der Waals surface area contributed by atoms with Crippen molar-refractivity contribution in [1.82, 2.24) is 0 Å². The molecule has 1 fully saturated rings. The quantitative estimate of drug-likeness (QED) is 0.813. The van der Waals surface area contributed by atoms with Crippen LogP contribution in [0.15, 0.2) is 24.3 Å². The first kappa shape index (κ1) is 10.0. The number of methoxy groups -OCH3 is 1. The number of rotatable bonds is 4. The minimum atomic E-state index is -0.198. The van der Waals surface area contributed by atoms with Gasteiger partial charge in [0.25, 0.3) is 0 Å². The molecule has 0 heterocycles. The molecule has 1 saturated carbocycles. The van der Waals surface area contributed by atoms with Crippen LogP contribution < -0.4 is 10.5 Å². The monoisotopic (exact) mass is 205 g/mol. The van der Waals surface area contributed by atoms with Gasteiger partial charge in [0.05, 0.1) is 7.11 Å². The standard InChI is InChI=1S/C12H15NO2/c1-15-10-4-2-8(3-5-10)11-6-9(11)7-12(13)14/h2-5,9,11H,6-7H2,1H3,(H2,13,14)/t9-,11-/m0/s1. The molecule has 0 saturated heterocycles. The zero-order valence-electron chi connectivity index (χ0n) is 8.77. The van der Waals surface area contributed by atoms with Gasteiger partial charge in [0, 0.05) is 6.42 Å². The number of hydrogen-bond acceptors (Lipinski definition) is 2. The zero-order chi connectivity index (χ0) is 10.8. The molecule has 0 unspecified atom stereocenters. The second kappa shape index (κ2) is 3.93. The maximum atomic E-state index is 10.7. The first-order chi connectivity index (χ1) is 7.20. The molecule has 2 N–H and O–H groups in total. The van der Waals surface area contributed by atoms with Gasteiger partial charge >= 0.3 is 0 Å². The summed E-state index contributed by atoms with van der Waals surface area (Å²) in [5.41, 5.74) is 6.44. The van der Waals surface area contributed by atoms with Crippen molar-refractivity contribution in [3.8, 4) is 5.75 Å². The lowest BCUT2D eigenvalue weighted by atomic mass is 10.1. The van der Waals surface area contributed by atoms with Gasteiger partial charge in [-0.3, -0.25) is 4.79 Å². The number of amides is 1. The normalized spacial score (nSPS) is 23.5. The summed E-state index contributed by atoms with van der Waals surface area (Å²) in [6.45, 7) is 0. The van der Waals surface area contributed by atoms with Crippen molar-refractivity contribution in [3.63, 3.8) is 0 Å². The van der Waals surface area contributed by atoms with Crippen molar-refractivity contribution in [3.05, 3.63) is 29.8 Å². The summed E-state index contributed by atoms with van der Waals surface area (Å²) in [6.07, 6.45) is 1.59. The Bertz CT molecular complexity index is 358. The van der Waals surface area contributed by atoms with Crippen molar-refractivity contribution in [2.75, 3.05) is 7.11 Å². The van der Waals surface area contributed by atoms with Crippen molar-refractivity contribution >= 4 is 5.91 Å². The maximum absolute atomic E-state index is 10.7. The Morgan fingerprint density at radius 3 is 2.67 bits per heavy atom. The van der Waals surface area contributed by atoms with Gasteiger partial charge in [-0.1, -0.05) is 12.1 Å². The molecule has 2 atom stereocenters. The molecule has 3 nitrogen and oxygen atoms in total. The van der Waals surface area contributed by atoms with Crippen LogP contribution in [0.25, 0.3) is 0 Å². The minimum absolute atomic E-state index is 0.198. The third kappa shape index (κ3) is 2.29. The highest BCUT2D eigenvalue weighted by Gasteiger charge is 2.38. The van der Waals surface area contributed by atoms with Gasteiger partial charge < -0.3 is 10.5 Å². The third-order valence-corrected chi connectivity index (χ3v) is 2.93. The van der Waals surface area contributed by atoms with Crippen LogP contribution in [0.1, 0.15) is 24.3 Å². The Morgan fingerprint density at radius 1 is 1.47 bits per heavy atom.